The van der Waals surface area contributed by atoms with Gasteiger partial charge in [0, 0.05) is 37.1 Å². The molecule has 1 aliphatic rings. The number of nitrogens with one attached hydrogen (secondary N) is 2. The third kappa shape index (κ3) is 5.36. The molecule has 1 aromatic heterocycles. The van der Waals surface area contributed by atoms with Gasteiger partial charge >= 0.3 is 0 Å². The fourth-order valence-electron chi connectivity index (χ4n) is 2.97. The number of morpholine rings is 1. The van der Waals surface area contributed by atoms with Crippen molar-refractivity contribution < 1.29 is 17.9 Å². The van der Waals surface area contributed by atoms with Crippen molar-refractivity contribution >= 4 is 33.0 Å². The Morgan fingerprint density at radius 1 is 1.22 bits per heavy atom. The molecule has 2 N–H and O–H groups in total. The normalized spacial score (nSPS) is 16.8. The molecule has 0 spiro atoms. The minimum atomic E-state index is -3.65. The lowest BCUT2D eigenvalue weighted by Crippen LogP contribution is -2.43. The zero-order chi connectivity index (χ0) is 19.3. The molecular weight excluding hydrogens is 386 g/mol. The highest BCUT2D eigenvalue weighted by Crippen LogP contribution is 2.26. The lowest BCUT2D eigenvalue weighted by atomic mass is 10.2. The summed E-state index contributed by atoms with van der Waals surface area (Å²) in [5, 5.41) is 4.62. The molecule has 27 heavy (non-hydrogen) atoms. The number of thiophene rings is 1. The summed E-state index contributed by atoms with van der Waals surface area (Å²) < 4.78 is 33.5. The quantitative estimate of drug-likeness (QED) is 0.731. The van der Waals surface area contributed by atoms with Crippen molar-refractivity contribution in [1.29, 1.82) is 0 Å². The van der Waals surface area contributed by atoms with Crippen LogP contribution in [0, 0.1) is 0 Å². The first-order valence-electron chi connectivity index (χ1n) is 8.68. The van der Waals surface area contributed by atoms with E-state index in [0.29, 0.717) is 18.9 Å². The van der Waals surface area contributed by atoms with E-state index in [1.165, 1.54) is 19.1 Å². The standard InChI is InChI=1S/C18H23N3O4S2/c1-14(22)20-15-4-6-16(7-5-15)27(23,24)19-13-17(18-3-2-12-26-18)21-8-10-25-11-9-21/h2-7,12,17,19H,8-11,13H2,1H3,(H,20,22). The van der Waals surface area contributed by atoms with E-state index < -0.39 is 10.0 Å². The molecule has 1 aromatic carbocycles. The van der Waals surface area contributed by atoms with E-state index in [2.05, 4.69) is 14.9 Å². The lowest BCUT2D eigenvalue weighted by molar-refractivity contribution is -0.114. The summed E-state index contributed by atoms with van der Waals surface area (Å²) in [7, 11) is -3.65. The topological polar surface area (TPSA) is 87.7 Å². The summed E-state index contributed by atoms with van der Waals surface area (Å²) in [6.45, 7) is 4.54. The fourth-order valence-corrected chi connectivity index (χ4v) is 4.87. The molecule has 9 heteroatoms. The molecule has 2 aromatic rings. The molecule has 1 fully saturated rings. The Bertz CT molecular complexity index is 845. The van der Waals surface area contributed by atoms with Gasteiger partial charge < -0.3 is 10.1 Å². The van der Waals surface area contributed by atoms with Crippen molar-refractivity contribution in [1.82, 2.24) is 9.62 Å². The number of anilines is 1. The van der Waals surface area contributed by atoms with Crippen molar-refractivity contribution in [2.75, 3.05) is 38.2 Å². The molecule has 1 saturated heterocycles. The molecule has 0 bridgehead atoms. The second-order valence-corrected chi connectivity index (χ2v) is 8.98. The van der Waals surface area contributed by atoms with Crippen LogP contribution in [0.25, 0.3) is 0 Å². The van der Waals surface area contributed by atoms with Crippen LogP contribution >= 0.6 is 11.3 Å². The van der Waals surface area contributed by atoms with Gasteiger partial charge in [-0.25, -0.2) is 13.1 Å². The van der Waals surface area contributed by atoms with Crippen LogP contribution in [0.3, 0.4) is 0 Å². The van der Waals surface area contributed by atoms with E-state index in [9.17, 15) is 13.2 Å². The Hall–Kier alpha value is -1.78. The maximum Gasteiger partial charge on any atom is 0.240 e. The number of amides is 1. The van der Waals surface area contributed by atoms with Crippen LogP contribution in [-0.2, 0) is 19.6 Å². The van der Waals surface area contributed by atoms with Crippen LogP contribution in [0.5, 0.6) is 0 Å². The van der Waals surface area contributed by atoms with Crippen LogP contribution in [0.1, 0.15) is 17.8 Å². The second kappa shape index (κ2) is 8.94. The molecule has 0 saturated carbocycles. The van der Waals surface area contributed by atoms with Crippen molar-refractivity contribution in [3.8, 4) is 0 Å². The van der Waals surface area contributed by atoms with Crippen LogP contribution in [0.2, 0.25) is 0 Å². The van der Waals surface area contributed by atoms with Gasteiger partial charge in [-0.15, -0.1) is 11.3 Å². The number of carbonyl (C=O) groups excluding carboxylic acids is 1. The third-order valence-corrected chi connectivity index (χ3v) is 6.72. The van der Waals surface area contributed by atoms with Crippen LogP contribution in [-0.4, -0.2) is 52.1 Å². The summed E-state index contributed by atoms with van der Waals surface area (Å²) in [6, 6.07) is 10.1. The van der Waals surface area contributed by atoms with Crippen LogP contribution in [0.15, 0.2) is 46.7 Å². The molecular formula is C18H23N3O4S2. The minimum absolute atomic E-state index is 0.0256. The van der Waals surface area contributed by atoms with Crippen molar-refractivity contribution in [2.45, 2.75) is 17.9 Å². The highest BCUT2D eigenvalue weighted by Gasteiger charge is 2.25. The van der Waals surface area contributed by atoms with E-state index in [1.807, 2.05) is 17.5 Å². The lowest BCUT2D eigenvalue weighted by Gasteiger charge is -2.34. The summed E-state index contributed by atoms with van der Waals surface area (Å²) >= 11 is 1.62. The molecule has 0 aliphatic carbocycles. The predicted molar refractivity (Wildman–Crippen MR) is 105 cm³/mol. The first kappa shape index (κ1) is 20.0. The van der Waals surface area contributed by atoms with Crippen molar-refractivity contribution in [2.24, 2.45) is 0 Å². The summed E-state index contributed by atoms with van der Waals surface area (Å²) in [6.07, 6.45) is 0. The maximum absolute atomic E-state index is 12.7. The van der Waals surface area contributed by atoms with E-state index in [1.54, 1.807) is 23.5 Å². The predicted octanol–water partition coefficient (Wildman–Crippen LogP) is 2.06. The molecule has 1 unspecified atom stereocenters. The molecule has 1 amide bonds. The number of rotatable bonds is 7. The van der Waals surface area contributed by atoms with Gasteiger partial charge in [-0.1, -0.05) is 6.07 Å². The highest BCUT2D eigenvalue weighted by molar-refractivity contribution is 7.89. The van der Waals surface area contributed by atoms with E-state index in [-0.39, 0.29) is 23.4 Å². The maximum atomic E-state index is 12.7. The van der Waals surface area contributed by atoms with Gasteiger partial charge in [0.15, 0.2) is 0 Å². The molecule has 1 aliphatic heterocycles. The van der Waals surface area contributed by atoms with Gasteiger partial charge in [0.1, 0.15) is 0 Å². The van der Waals surface area contributed by atoms with Crippen LogP contribution in [0.4, 0.5) is 5.69 Å². The number of hydrogen-bond donors (Lipinski definition) is 2. The second-order valence-electron chi connectivity index (χ2n) is 6.24. The molecule has 2 heterocycles. The molecule has 146 valence electrons. The Balaban J connectivity index is 1.70. The highest BCUT2D eigenvalue weighted by atomic mass is 32.2. The van der Waals surface area contributed by atoms with Gasteiger partial charge in [0.25, 0.3) is 0 Å². The Morgan fingerprint density at radius 2 is 1.93 bits per heavy atom. The fraction of sp³-hybridized carbons (Fsp3) is 0.389. The third-order valence-electron chi connectivity index (χ3n) is 4.31. The van der Waals surface area contributed by atoms with Gasteiger partial charge in [0.2, 0.25) is 15.9 Å². The average Bonchev–Trinajstić information content (AvgIpc) is 3.17. The molecule has 7 nitrogen and oxygen atoms in total. The zero-order valence-corrected chi connectivity index (χ0v) is 16.7. The van der Waals surface area contributed by atoms with Crippen molar-refractivity contribution in [3.63, 3.8) is 0 Å². The summed E-state index contributed by atoms with van der Waals surface area (Å²) in [5.74, 6) is -0.201. The minimum Gasteiger partial charge on any atom is -0.379 e. The van der Waals surface area contributed by atoms with E-state index in [0.717, 1.165) is 18.0 Å². The van der Waals surface area contributed by atoms with Gasteiger partial charge in [-0.3, -0.25) is 9.69 Å². The molecule has 1 atom stereocenters. The molecule has 0 radical (unpaired) electrons. The number of nitrogens with zero attached hydrogens (tertiary/aromatic N) is 1. The number of benzene rings is 1. The van der Waals surface area contributed by atoms with Gasteiger partial charge in [-0.05, 0) is 35.7 Å². The Labute approximate surface area is 163 Å². The Kier molecular flexibility index (Phi) is 6.61. The number of sulfonamides is 1. The van der Waals surface area contributed by atoms with E-state index in [4.69, 9.17) is 4.74 Å². The van der Waals surface area contributed by atoms with Gasteiger partial charge in [0.05, 0.1) is 24.2 Å². The number of hydrogen-bond acceptors (Lipinski definition) is 6. The summed E-state index contributed by atoms with van der Waals surface area (Å²) in [5.41, 5.74) is 0.561. The number of ether oxygens (including phenoxy) is 1. The molecule has 3 rings (SSSR count). The SMILES string of the molecule is CC(=O)Nc1ccc(S(=O)(=O)NCC(c2cccs2)N2CCOCC2)cc1. The van der Waals surface area contributed by atoms with Gasteiger partial charge in [-0.2, -0.15) is 0 Å². The first-order valence-corrected chi connectivity index (χ1v) is 11.0. The zero-order valence-electron chi connectivity index (χ0n) is 15.1. The smallest absolute Gasteiger partial charge is 0.240 e. The first-order chi connectivity index (χ1) is 13.0. The number of carbonyl (C=O) groups is 1. The largest absolute Gasteiger partial charge is 0.379 e. The summed E-state index contributed by atoms with van der Waals surface area (Å²) in [4.78, 5) is 14.6. The van der Waals surface area contributed by atoms with Crippen LogP contribution < -0.4 is 10.0 Å². The monoisotopic (exact) mass is 409 g/mol. The average molecular weight is 410 g/mol. The van der Waals surface area contributed by atoms with E-state index >= 15 is 0 Å². The Morgan fingerprint density at radius 3 is 2.52 bits per heavy atom. The van der Waals surface area contributed by atoms with Crippen molar-refractivity contribution in [3.05, 3.63) is 46.7 Å².